The summed E-state index contributed by atoms with van der Waals surface area (Å²) in [5.41, 5.74) is 1.32. The Balaban J connectivity index is 0.000000481. The van der Waals surface area contributed by atoms with E-state index in [9.17, 15) is 0 Å². The Kier molecular flexibility index (Phi) is 9.44. The summed E-state index contributed by atoms with van der Waals surface area (Å²) in [5, 5.41) is 14.8. The molecule has 4 rings (SSSR count). The van der Waals surface area contributed by atoms with Crippen LogP contribution in [0.25, 0.3) is 0 Å². The van der Waals surface area contributed by atoms with E-state index in [0.717, 1.165) is 44.2 Å². The van der Waals surface area contributed by atoms with Crippen LogP contribution in [0.4, 0.5) is 0 Å². The van der Waals surface area contributed by atoms with Gasteiger partial charge in [-0.25, -0.2) is 9.59 Å². The maximum Gasteiger partial charge on any atom is 0.414 e. The number of benzene rings is 2. The SMILES string of the molecule is CC1CN(C2CCN(Cc3cccc(Oc4ccccc4)c3)CC2)CC(C)O1.O=C(O)C(=O)O. The molecule has 0 bridgehead atoms. The predicted octanol–water partition coefficient (Wildman–Crippen LogP) is 3.71. The molecule has 0 aromatic heterocycles. The summed E-state index contributed by atoms with van der Waals surface area (Å²) in [5.74, 6) is -1.85. The first-order chi connectivity index (χ1) is 16.3. The van der Waals surface area contributed by atoms with Crippen molar-refractivity contribution in [2.24, 2.45) is 0 Å². The zero-order valence-corrected chi connectivity index (χ0v) is 19.8. The normalized spacial score (nSPS) is 21.8. The molecule has 0 amide bonds. The summed E-state index contributed by atoms with van der Waals surface area (Å²) < 4.78 is 11.9. The molecule has 0 saturated carbocycles. The van der Waals surface area contributed by atoms with Crippen molar-refractivity contribution in [2.45, 2.75) is 51.5 Å². The van der Waals surface area contributed by atoms with Crippen molar-refractivity contribution in [1.82, 2.24) is 9.80 Å². The fourth-order valence-electron chi connectivity index (χ4n) is 4.55. The van der Waals surface area contributed by atoms with Gasteiger partial charge in [0.15, 0.2) is 0 Å². The molecule has 2 aromatic carbocycles. The number of likely N-dealkylation sites (tertiary alicyclic amines) is 1. The van der Waals surface area contributed by atoms with Gasteiger partial charge in [0.2, 0.25) is 0 Å². The molecule has 8 heteroatoms. The van der Waals surface area contributed by atoms with E-state index in [1.54, 1.807) is 0 Å². The van der Waals surface area contributed by atoms with Crippen LogP contribution in [0.15, 0.2) is 54.6 Å². The number of rotatable bonds is 5. The van der Waals surface area contributed by atoms with Crippen molar-refractivity contribution >= 4 is 11.9 Å². The van der Waals surface area contributed by atoms with Gasteiger partial charge in [0.05, 0.1) is 12.2 Å². The molecule has 184 valence electrons. The molecule has 2 unspecified atom stereocenters. The Morgan fingerprint density at radius 2 is 1.50 bits per heavy atom. The van der Waals surface area contributed by atoms with Crippen LogP contribution in [-0.2, 0) is 20.9 Å². The number of carboxylic acid groups (broad SMARTS) is 2. The van der Waals surface area contributed by atoms with E-state index in [1.165, 1.54) is 18.4 Å². The Bertz CT molecular complexity index is 908. The summed E-state index contributed by atoms with van der Waals surface area (Å²) in [6.45, 7) is 9.87. The number of piperidine rings is 1. The molecule has 8 nitrogen and oxygen atoms in total. The van der Waals surface area contributed by atoms with Gasteiger partial charge in [0.25, 0.3) is 0 Å². The zero-order valence-electron chi connectivity index (χ0n) is 19.8. The first-order valence-electron chi connectivity index (χ1n) is 11.7. The van der Waals surface area contributed by atoms with Gasteiger partial charge in [-0.05, 0) is 69.6 Å². The minimum Gasteiger partial charge on any atom is -0.473 e. The van der Waals surface area contributed by atoms with Crippen molar-refractivity contribution < 1.29 is 29.3 Å². The van der Waals surface area contributed by atoms with E-state index >= 15 is 0 Å². The molecule has 0 radical (unpaired) electrons. The maximum absolute atomic E-state index is 9.10. The lowest BCUT2D eigenvalue weighted by molar-refractivity contribution is -0.159. The molecule has 0 aliphatic carbocycles. The van der Waals surface area contributed by atoms with Crippen LogP contribution in [0.2, 0.25) is 0 Å². The molecule has 2 aromatic rings. The number of aliphatic carboxylic acids is 2. The topological polar surface area (TPSA) is 99.5 Å². The molecule has 2 atom stereocenters. The number of carbonyl (C=O) groups is 2. The van der Waals surface area contributed by atoms with Crippen LogP contribution >= 0.6 is 0 Å². The van der Waals surface area contributed by atoms with Gasteiger partial charge in [-0.1, -0.05) is 30.3 Å². The summed E-state index contributed by atoms with van der Waals surface area (Å²) in [4.78, 5) is 23.4. The third kappa shape index (κ3) is 8.13. The van der Waals surface area contributed by atoms with Gasteiger partial charge < -0.3 is 19.7 Å². The first-order valence-corrected chi connectivity index (χ1v) is 11.7. The van der Waals surface area contributed by atoms with E-state index in [2.05, 4.69) is 41.8 Å². The second-order valence-electron chi connectivity index (χ2n) is 8.89. The van der Waals surface area contributed by atoms with Gasteiger partial charge in [-0.2, -0.15) is 0 Å². The second kappa shape index (κ2) is 12.5. The summed E-state index contributed by atoms with van der Waals surface area (Å²) in [6.07, 6.45) is 3.21. The average molecular weight is 471 g/mol. The molecule has 2 fully saturated rings. The number of ether oxygens (including phenoxy) is 2. The van der Waals surface area contributed by atoms with Crippen molar-refractivity contribution in [3.63, 3.8) is 0 Å². The number of hydrogen-bond donors (Lipinski definition) is 2. The van der Waals surface area contributed by atoms with E-state index in [1.807, 2.05) is 36.4 Å². The smallest absolute Gasteiger partial charge is 0.414 e. The Hall–Kier alpha value is -2.94. The molecule has 2 aliphatic rings. The third-order valence-electron chi connectivity index (χ3n) is 5.99. The zero-order chi connectivity index (χ0) is 24.5. The van der Waals surface area contributed by atoms with Crippen LogP contribution < -0.4 is 4.74 Å². The van der Waals surface area contributed by atoms with Crippen LogP contribution in [-0.4, -0.2) is 76.4 Å². The van der Waals surface area contributed by atoms with Crippen molar-refractivity contribution in [1.29, 1.82) is 0 Å². The fourth-order valence-corrected chi connectivity index (χ4v) is 4.55. The van der Waals surface area contributed by atoms with E-state index in [-0.39, 0.29) is 0 Å². The molecule has 2 aliphatic heterocycles. The average Bonchev–Trinajstić information content (AvgIpc) is 2.80. The van der Waals surface area contributed by atoms with Crippen molar-refractivity contribution in [3.8, 4) is 11.5 Å². The predicted molar refractivity (Wildman–Crippen MR) is 128 cm³/mol. The fraction of sp³-hybridized carbons (Fsp3) is 0.462. The molecule has 34 heavy (non-hydrogen) atoms. The first kappa shape index (κ1) is 25.7. The van der Waals surface area contributed by atoms with E-state index < -0.39 is 11.9 Å². The maximum atomic E-state index is 9.10. The second-order valence-corrected chi connectivity index (χ2v) is 8.89. The number of nitrogens with zero attached hydrogens (tertiary/aromatic N) is 2. The number of para-hydroxylation sites is 1. The summed E-state index contributed by atoms with van der Waals surface area (Å²) in [6, 6.07) is 19.2. The molecule has 2 saturated heterocycles. The Morgan fingerprint density at radius 1 is 0.912 bits per heavy atom. The number of morpholine rings is 1. The standard InChI is InChI=1S/C24H32N2O2.C2H2O4/c1-19-16-26(17-20(2)27-19)22-11-13-25(14-12-22)18-21-7-6-10-24(15-21)28-23-8-4-3-5-9-23;3-1(4)2(5)6/h3-10,15,19-20,22H,11-14,16-18H2,1-2H3;(H,3,4)(H,5,6). The van der Waals surface area contributed by atoms with Crippen LogP contribution in [0.1, 0.15) is 32.3 Å². The number of carboxylic acids is 2. The lowest BCUT2D eigenvalue weighted by Gasteiger charge is -2.43. The van der Waals surface area contributed by atoms with Crippen LogP contribution in [0.3, 0.4) is 0 Å². The summed E-state index contributed by atoms with van der Waals surface area (Å²) >= 11 is 0. The Morgan fingerprint density at radius 3 is 2.09 bits per heavy atom. The Labute approximate surface area is 200 Å². The highest BCUT2D eigenvalue weighted by molar-refractivity contribution is 6.27. The number of hydrogen-bond acceptors (Lipinski definition) is 6. The van der Waals surface area contributed by atoms with Crippen molar-refractivity contribution in [2.75, 3.05) is 26.2 Å². The monoisotopic (exact) mass is 470 g/mol. The highest BCUT2D eigenvalue weighted by Crippen LogP contribution is 2.25. The van der Waals surface area contributed by atoms with E-state index in [0.29, 0.717) is 18.2 Å². The minimum absolute atomic E-state index is 0.356. The summed E-state index contributed by atoms with van der Waals surface area (Å²) in [7, 11) is 0. The quantitative estimate of drug-likeness (QED) is 0.638. The van der Waals surface area contributed by atoms with Gasteiger partial charge in [0, 0.05) is 25.7 Å². The molecule has 2 heterocycles. The van der Waals surface area contributed by atoms with Gasteiger partial charge in [0.1, 0.15) is 11.5 Å². The molecular formula is C26H34N2O6. The van der Waals surface area contributed by atoms with Gasteiger partial charge in [-0.3, -0.25) is 9.80 Å². The van der Waals surface area contributed by atoms with Crippen LogP contribution in [0, 0.1) is 0 Å². The molecule has 2 N–H and O–H groups in total. The van der Waals surface area contributed by atoms with Gasteiger partial charge >= 0.3 is 11.9 Å². The minimum atomic E-state index is -1.82. The third-order valence-corrected chi connectivity index (χ3v) is 5.99. The lowest BCUT2D eigenvalue weighted by Crippen LogP contribution is -2.53. The largest absolute Gasteiger partial charge is 0.473 e. The lowest BCUT2D eigenvalue weighted by atomic mass is 10.0. The van der Waals surface area contributed by atoms with Crippen LogP contribution in [0.5, 0.6) is 11.5 Å². The molecular weight excluding hydrogens is 436 g/mol. The van der Waals surface area contributed by atoms with Gasteiger partial charge in [-0.15, -0.1) is 0 Å². The van der Waals surface area contributed by atoms with Crippen molar-refractivity contribution in [3.05, 3.63) is 60.2 Å². The van der Waals surface area contributed by atoms with E-state index in [4.69, 9.17) is 29.3 Å². The highest BCUT2D eigenvalue weighted by Gasteiger charge is 2.30. The highest BCUT2D eigenvalue weighted by atomic mass is 16.5. The molecule has 0 spiro atoms.